The summed E-state index contributed by atoms with van der Waals surface area (Å²) in [6.07, 6.45) is 0.611. The quantitative estimate of drug-likeness (QED) is 0.400. The maximum atomic E-state index is 13.0. The van der Waals surface area contributed by atoms with E-state index in [-0.39, 0.29) is 12.4 Å². The molecular weight excluding hydrogens is 421 g/mol. The Labute approximate surface area is 183 Å². The van der Waals surface area contributed by atoms with Gasteiger partial charge < -0.3 is 19.3 Å². The molecule has 4 rings (SSSR count). The Morgan fingerprint density at radius 1 is 1.23 bits per heavy atom. The Morgan fingerprint density at radius 3 is 2.77 bits per heavy atom. The van der Waals surface area contributed by atoms with Crippen LogP contribution in [0.1, 0.15) is 11.9 Å². The summed E-state index contributed by atoms with van der Waals surface area (Å²) in [5.41, 5.74) is 0. The first-order valence-corrected chi connectivity index (χ1v) is 10.7. The fourth-order valence-electron chi connectivity index (χ4n) is 3.03. The van der Waals surface area contributed by atoms with Crippen LogP contribution in [-0.4, -0.2) is 44.9 Å². The summed E-state index contributed by atoms with van der Waals surface area (Å²) in [7, 11) is 0. The molecule has 31 heavy (non-hydrogen) atoms. The molecule has 0 spiro atoms. The third kappa shape index (κ3) is 5.18. The van der Waals surface area contributed by atoms with Crippen LogP contribution in [0.4, 0.5) is 4.39 Å². The van der Waals surface area contributed by atoms with Gasteiger partial charge in [0.25, 0.3) is 0 Å². The van der Waals surface area contributed by atoms with Gasteiger partial charge in [-0.2, -0.15) is 0 Å². The lowest BCUT2D eigenvalue weighted by atomic mass is 10.2. The van der Waals surface area contributed by atoms with Crippen LogP contribution in [0.15, 0.2) is 66.3 Å². The number of thioether (sulfide) groups is 1. The molecule has 1 aliphatic heterocycles. The summed E-state index contributed by atoms with van der Waals surface area (Å²) >= 11 is 1.36. The molecule has 162 valence electrons. The highest BCUT2D eigenvalue weighted by molar-refractivity contribution is 7.99. The Bertz CT molecular complexity index is 1030. The lowest BCUT2D eigenvalue weighted by molar-refractivity contribution is 0.0821. The molecule has 1 aliphatic rings. The number of fused-ring (bicyclic) bond motifs is 1. The van der Waals surface area contributed by atoms with Gasteiger partial charge in [0, 0.05) is 12.3 Å². The molecule has 2 unspecified atom stereocenters. The zero-order valence-corrected chi connectivity index (χ0v) is 17.5. The van der Waals surface area contributed by atoms with Crippen molar-refractivity contribution in [1.82, 2.24) is 14.8 Å². The number of halogens is 1. The summed E-state index contributed by atoms with van der Waals surface area (Å²) in [5, 5.41) is 19.5. The summed E-state index contributed by atoms with van der Waals surface area (Å²) < 4.78 is 32.2. The molecule has 1 N–H and O–H groups in total. The number of ether oxygens (including phenoxy) is 3. The van der Waals surface area contributed by atoms with Crippen molar-refractivity contribution in [3.05, 3.63) is 72.8 Å². The fraction of sp³-hybridized carbons (Fsp3) is 0.273. The van der Waals surface area contributed by atoms with Crippen molar-refractivity contribution >= 4 is 11.8 Å². The largest absolute Gasteiger partial charge is 0.491 e. The monoisotopic (exact) mass is 443 g/mol. The Balaban J connectivity index is 1.38. The van der Waals surface area contributed by atoms with E-state index in [2.05, 4.69) is 16.8 Å². The Hall–Kier alpha value is -3.04. The number of para-hydroxylation sites is 2. The zero-order chi connectivity index (χ0) is 21.6. The summed E-state index contributed by atoms with van der Waals surface area (Å²) in [6.45, 7) is 4.71. The van der Waals surface area contributed by atoms with Crippen LogP contribution in [0.2, 0.25) is 0 Å². The van der Waals surface area contributed by atoms with E-state index in [4.69, 9.17) is 14.2 Å². The van der Waals surface area contributed by atoms with Gasteiger partial charge in [-0.25, -0.2) is 4.39 Å². The molecule has 0 aliphatic carbocycles. The topological polar surface area (TPSA) is 78.6 Å². The molecule has 1 aromatic heterocycles. The molecule has 0 saturated heterocycles. The molecule has 0 radical (unpaired) electrons. The maximum absolute atomic E-state index is 13.0. The molecule has 2 heterocycles. The maximum Gasteiger partial charge on any atom is 0.192 e. The van der Waals surface area contributed by atoms with E-state index in [1.54, 1.807) is 6.08 Å². The van der Waals surface area contributed by atoms with Crippen LogP contribution < -0.4 is 14.2 Å². The number of aliphatic hydroxyl groups excluding tert-OH is 1. The molecule has 0 amide bonds. The van der Waals surface area contributed by atoms with Gasteiger partial charge in [0.2, 0.25) is 0 Å². The van der Waals surface area contributed by atoms with E-state index in [0.29, 0.717) is 47.1 Å². The molecule has 2 aromatic carbocycles. The smallest absolute Gasteiger partial charge is 0.192 e. The SMILES string of the molecule is C=CCn1c(SCC(O)COc2ccc(F)cc2)nnc1C1COc2ccccc2O1. The first kappa shape index (κ1) is 21.2. The second-order valence-corrected chi connectivity index (χ2v) is 7.82. The van der Waals surface area contributed by atoms with Crippen molar-refractivity contribution in [2.24, 2.45) is 0 Å². The van der Waals surface area contributed by atoms with Gasteiger partial charge in [-0.05, 0) is 36.4 Å². The number of aromatic nitrogens is 3. The van der Waals surface area contributed by atoms with Crippen LogP contribution in [0.25, 0.3) is 0 Å². The van der Waals surface area contributed by atoms with Crippen molar-refractivity contribution < 1.29 is 23.7 Å². The van der Waals surface area contributed by atoms with E-state index in [9.17, 15) is 9.50 Å². The Kier molecular flexibility index (Phi) is 6.73. The highest BCUT2D eigenvalue weighted by atomic mass is 32.2. The lowest BCUT2D eigenvalue weighted by Gasteiger charge is -2.26. The van der Waals surface area contributed by atoms with Gasteiger partial charge in [-0.1, -0.05) is 30.0 Å². The summed E-state index contributed by atoms with van der Waals surface area (Å²) in [4.78, 5) is 0. The van der Waals surface area contributed by atoms with Crippen molar-refractivity contribution in [3.63, 3.8) is 0 Å². The third-order valence-electron chi connectivity index (χ3n) is 4.51. The molecule has 2 atom stereocenters. The molecule has 7 nitrogen and oxygen atoms in total. The zero-order valence-electron chi connectivity index (χ0n) is 16.7. The summed E-state index contributed by atoms with van der Waals surface area (Å²) in [5.74, 6) is 2.51. The normalized spacial score (nSPS) is 16.0. The van der Waals surface area contributed by atoms with Gasteiger partial charge in [0.05, 0.1) is 6.10 Å². The van der Waals surface area contributed by atoms with Crippen molar-refractivity contribution in [2.75, 3.05) is 19.0 Å². The van der Waals surface area contributed by atoms with Gasteiger partial charge in [0.15, 0.2) is 28.6 Å². The van der Waals surface area contributed by atoms with Crippen LogP contribution in [0, 0.1) is 5.82 Å². The fourth-order valence-corrected chi connectivity index (χ4v) is 3.89. The summed E-state index contributed by atoms with van der Waals surface area (Å²) in [6, 6.07) is 13.1. The van der Waals surface area contributed by atoms with Gasteiger partial charge in [0.1, 0.15) is 24.8 Å². The highest BCUT2D eigenvalue weighted by Crippen LogP contribution is 2.36. The lowest BCUT2D eigenvalue weighted by Crippen LogP contribution is -2.25. The van der Waals surface area contributed by atoms with Crippen molar-refractivity contribution in [3.8, 4) is 17.2 Å². The highest BCUT2D eigenvalue weighted by Gasteiger charge is 2.28. The number of hydrogen-bond acceptors (Lipinski definition) is 7. The van der Waals surface area contributed by atoms with Gasteiger partial charge >= 0.3 is 0 Å². The van der Waals surface area contributed by atoms with Crippen LogP contribution in [0.5, 0.6) is 17.2 Å². The van der Waals surface area contributed by atoms with Crippen molar-refractivity contribution in [1.29, 1.82) is 0 Å². The first-order chi connectivity index (χ1) is 15.1. The minimum Gasteiger partial charge on any atom is -0.491 e. The average molecular weight is 444 g/mol. The van der Waals surface area contributed by atoms with Gasteiger partial charge in [-0.15, -0.1) is 16.8 Å². The second-order valence-electron chi connectivity index (χ2n) is 6.83. The minimum atomic E-state index is -0.742. The Morgan fingerprint density at radius 2 is 2.00 bits per heavy atom. The predicted molar refractivity (Wildman–Crippen MR) is 114 cm³/mol. The predicted octanol–water partition coefficient (Wildman–Crippen LogP) is 3.65. The molecular formula is C22H22FN3O4S. The van der Waals surface area contributed by atoms with E-state index < -0.39 is 12.2 Å². The van der Waals surface area contributed by atoms with Crippen LogP contribution in [-0.2, 0) is 6.54 Å². The molecule has 0 bridgehead atoms. The van der Waals surface area contributed by atoms with E-state index in [1.807, 2.05) is 28.8 Å². The number of benzene rings is 2. The standard InChI is InChI=1S/C22H22FN3O4S/c1-2-11-26-21(20-13-29-18-5-3-4-6-19(18)30-20)24-25-22(26)31-14-16(27)12-28-17-9-7-15(23)8-10-17/h2-10,16,20,27H,1,11-14H2. The second kappa shape index (κ2) is 9.84. The van der Waals surface area contributed by atoms with Crippen LogP contribution in [0.3, 0.4) is 0 Å². The van der Waals surface area contributed by atoms with E-state index in [1.165, 1.54) is 36.0 Å². The molecule has 0 fully saturated rings. The van der Waals surface area contributed by atoms with E-state index >= 15 is 0 Å². The molecule has 9 heteroatoms. The minimum absolute atomic E-state index is 0.0808. The average Bonchev–Trinajstić information content (AvgIpc) is 3.19. The number of aliphatic hydroxyl groups is 1. The third-order valence-corrected chi connectivity index (χ3v) is 5.63. The first-order valence-electron chi connectivity index (χ1n) is 9.75. The number of allylic oxidation sites excluding steroid dienone is 1. The van der Waals surface area contributed by atoms with Crippen LogP contribution >= 0.6 is 11.8 Å². The van der Waals surface area contributed by atoms with Gasteiger partial charge in [-0.3, -0.25) is 4.57 Å². The molecule has 3 aromatic rings. The van der Waals surface area contributed by atoms with Crippen molar-refractivity contribution in [2.45, 2.75) is 23.9 Å². The number of hydrogen-bond donors (Lipinski definition) is 1. The van der Waals surface area contributed by atoms with E-state index in [0.717, 1.165) is 0 Å². The molecule has 0 saturated carbocycles. The number of nitrogens with zero attached hydrogens (tertiary/aromatic N) is 3. The number of rotatable bonds is 9.